The third kappa shape index (κ3) is 32.9. The second-order valence-electron chi connectivity index (χ2n) is 10.9. The van der Waals surface area contributed by atoms with Crippen LogP contribution in [-0.2, 0) is 14.6 Å². The van der Waals surface area contributed by atoms with Crippen molar-refractivity contribution in [2.75, 3.05) is 6.61 Å². The van der Waals surface area contributed by atoms with E-state index in [4.69, 9.17) is 0 Å². The average Bonchev–Trinajstić information content (AvgIpc) is 2.82. The third-order valence-corrected chi connectivity index (χ3v) is 7.80. The molecule has 4 nitrogen and oxygen atoms in total. The first-order valence-electron chi connectivity index (χ1n) is 15.6. The Morgan fingerprint density at radius 2 is 0.750 bits per heavy atom. The minimum Gasteiger partial charge on any atom is -0.726 e. The summed E-state index contributed by atoms with van der Waals surface area (Å²) < 4.78 is 37.1. The average molecular weight is 541 g/mol. The van der Waals surface area contributed by atoms with E-state index < -0.39 is 10.4 Å². The number of rotatable bonds is 29. The summed E-state index contributed by atoms with van der Waals surface area (Å²) in [5.41, 5.74) is 0. The second kappa shape index (κ2) is 30.4. The van der Waals surface area contributed by atoms with E-state index in [9.17, 15) is 13.0 Å². The fourth-order valence-corrected chi connectivity index (χ4v) is 5.40. The topological polar surface area (TPSA) is 66.4 Å². The van der Waals surface area contributed by atoms with Gasteiger partial charge in [0.25, 0.3) is 0 Å². The summed E-state index contributed by atoms with van der Waals surface area (Å²) in [5.74, 6) is 0.200. The molecule has 0 aromatic rings. The predicted molar refractivity (Wildman–Crippen MR) is 151 cm³/mol. The van der Waals surface area contributed by atoms with Crippen LogP contribution in [0.1, 0.15) is 181 Å². The molecule has 1 atom stereocenters. The molecule has 36 heavy (non-hydrogen) atoms. The molecular formula is C30H61NaO4S. The van der Waals surface area contributed by atoms with Crippen LogP contribution in [0.5, 0.6) is 0 Å². The number of unbranched alkanes of at least 4 members (excludes halogenated alkanes) is 22. The van der Waals surface area contributed by atoms with Crippen molar-refractivity contribution in [3.63, 3.8) is 0 Å². The van der Waals surface area contributed by atoms with E-state index in [1.54, 1.807) is 0 Å². The van der Waals surface area contributed by atoms with Gasteiger partial charge in [0.15, 0.2) is 0 Å². The van der Waals surface area contributed by atoms with Gasteiger partial charge in [-0.2, -0.15) is 0 Å². The van der Waals surface area contributed by atoms with E-state index in [-0.39, 0.29) is 42.1 Å². The van der Waals surface area contributed by atoms with E-state index in [1.807, 2.05) is 0 Å². The summed E-state index contributed by atoms with van der Waals surface area (Å²) in [6, 6.07) is 0. The zero-order chi connectivity index (χ0) is 25.9. The van der Waals surface area contributed by atoms with Crippen LogP contribution in [0.4, 0.5) is 0 Å². The Bertz CT molecular complexity index is 513. The van der Waals surface area contributed by atoms with Gasteiger partial charge in [0.1, 0.15) is 0 Å². The Morgan fingerprint density at radius 3 is 1.00 bits per heavy atom. The maximum Gasteiger partial charge on any atom is 1.00 e. The molecule has 0 aromatic heterocycles. The van der Waals surface area contributed by atoms with Gasteiger partial charge in [-0.1, -0.05) is 168 Å². The molecule has 0 bridgehead atoms. The molecule has 0 fully saturated rings. The van der Waals surface area contributed by atoms with Gasteiger partial charge >= 0.3 is 29.6 Å². The van der Waals surface area contributed by atoms with Crippen molar-refractivity contribution in [1.82, 2.24) is 0 Å². The molecule has 0 radical (unpaired) electrons. The van der Waals surface area contributed by atoms with Crippen LogP contribution < -0.4 is 29.6 Å². The molecule has 6 heteroatoms. The Balaban J connectivity index is 0. The van der Waals surface area contributed by atoms with Crippen molar-refractivity contribution in [2.24, 2.45) is 5.92 Å². The molecule has 0 saturated carbocycles. The Hall–Kier alpha value is 0.870. The molecule has 0 heterocycles. The Kier molecular flexibility index (Phi) is 33.0. The van der Waals surface area contributed by atoms with Gasteiger partial charge in [0.05, 0.1) is 6.61 Å². The molecule has 0 N–H and O–H groups in total. The Morgan fingerprint density at radius 1 is 0.500 bits per heavy atom. The fourth-order valence-electron chi connectivity index (χ4n) is 5.04. The summed E-state index contributed by atoms with van der Waals surface area (Å²) in [5, 5.41) is 0. The summed E-state index contributed by atoms with van der Waals surface area (Å²) in [7, 11) is -4.57. The number of hydrogen-bond acceptors (Lipinski definition) is 4. The molecule has 1 unspecified atom stereocenters. The fraction of sp³-hybridized carbons (Fsp3) is 1.00. The van der Waals surface area contributed by atoms with E-state index in [1.165, 1.54) is 141 Å². The molecule has 0 aromatic carbocycles. The molecule has 0 aliphatic heterocycles. The monoisotopic (exact) mass is 540 g/mol. The van der Waals surface area contributed by atoms with E-state index in [0.717, 1.165) is 25.7 Å². The molecule has 0 aliphatic carbocycles. The molecule has 0 amide bonds. The molecule has 0 rings (SSSR count). The van der Waals surface area contributed by atoms with Crippen molar-refractivity contribution >= 4 is 10.4 Å². The van der Waals surface area contributed by atoms with Gasteiger partial charge in [-0.3, -0.25) is 4.18 Å². The van der Waals surface area contributed by atoms with Crippen molar-refractivity contribution in [1.29, 1.82) is 0 Å². The van der Waals surface area contributed by atoms with Crippen LogP contribution in [0.2, 0.25) is 0 Å². The minimum absolute atomic E-state index is 0. The SMILES string of the molecule is CCCCCCCCCCCCCCCCCCCCC(CCCCCCCC)COS(=O)(=O)[O-].[Na+]. The van der Waals surface area contributed by atoms with Crippen LogP contribution in [0, 0.1) is 5.92 Å². The number of hydrogen-bond donors (Lipinski definition) is 0. The van der Waals surface area contributed by atoms with Crippen molar-refractivity contribution in [2.45, 2.75) is 181 Å². The Labute approximate surface area is 249 Å². The van der Waals surface area contributed by atoms with Gasteiger partial charge in [0.2, 0.25) is 10.4 Å². The largest absolute Gasteiger partial charge is 1.00 e. The maximum atomic E-state index is 10.8. The van der Waals surface area contributed by atoms with E-state index >= 15 is 0 Å². The van der Waals surface area contributed by atoms with Crippen molar-refractivity contribution < 1.29 is 46.7 Å². The van der Waals surface area contributed by atoms with Crippen LogP contribution in [0.3, 0.4) is 0 Å². The normalized spacial score (nSPS) is 12.5. The minimum atomic E-state index is -4.57. The first kappa shape index (κ1) is 39.0. The molecule has 0 aliphatic rings. The van der Waals surface area contributed by atoms with Crippen molar-refractivity contribution in [3.05, 3.63) is 0 Å². The van der Waals surface area contributed by atoms with Crippen LogP contribution in [0.25, 0.3) is 0 Å². The van der Waals surface area contributed by atoms with E-state index in [2.05, 4.69) is 18.0 Å². The first-order chi connectivity index (χ1) is 17.0. The van der Waals surface area contributed by atoms with E-state index in [0.29, 0.717) is 0 Å². The molecular weight excluding hydrogens is 479 g/mol. The predicted octanol–water partition coefficient (Wildman–Crippen LogP) is 7.27. The first-order valence-corrected chi connectivity index (χ1v) is 16.9. The van der Waals surface area contributed by atoms with Crippen LogP contribution in [-0.4, -0.2) is 19.6 Å². The van der Waals surface area contributed by atoms with Gasteiger partial charge in [-0.25, -0.2) is 8.42 Å². The quantitative estimate of drug-likeness (QED) is 0.0433. The summed E-state index contributed by atoms with van der Waals surface area (Å²) in [6.45, 7) is 4.57. The molecule has 0 saturated heterocycles. The van der Waals surface area contributed by atoms with Crippen LogP contribution in [0.15, 0.2) is 0 Å². The third-order valence-electron chi connectivity index (χ3n) is 7.38. The van der Waals surface area contributed by atoms with Gasteiger partial charge in [0, 0.05) is 0 Å². The second-order valence-corrected chi connectivity index (χ2v) is 12.0. The van der Waals surface area contributed by atoms with Crippen LogP contribution >= 0.6 is 0 Å². The van der Waals surface area contributed by atoms with Gasteiger partial charge < -0.3 is 4.55 Å². The standard InChI is InChI=1S/C30H62O4S.Na/c1-3-5-7-9-11-12-13-14-15-16-17-18-19-20-21-22-24-26-28-30(29-34-35(31,32)33)27-25-23-10-8-6-4-2;/h30H,3-29H2,1-2H3,(H,31,32,33);/q;+1/p-1. The van der Waals surface area contributed by atoms with Crippen molar-refractivity contribution in [3.8, 4) is 0 Å². The summed E-state index contributed by atoms with van der Waals surface area (Å²) in [4.78, 5) is 0. The zero-order valence-corrected chi connectivity index (χ0v) is 27.5. The van der Waals surface area contributed by atoms with Gasteiger partial charge in [-0.05, 0) is 18.8 Å². The maximum absolute atomic E-state index is 10.8. The summed E-state index contributed by atoms with van der Waals surface area (Å²) >= 11 is 0. The summed E-state index contributed by atoms with van der Waals surface area (Å²) in [6.07, 6.45) is 33.9. The zero-order valence-electron chi connectivity index (χ0n) is 24.7. The molecule has 212 valence electrons. The van der Waals surface area contributed by atoms with Gasteiger partial charge in [-0.15, -0.1) is 0 Å². The molecule has 0 spiro atoms. The smallest absolute Gasteiger partial charge is 0.726 e.